The van der Waals surface area contributed by atoms with E-state index in [9.17, 15) is 4.79 Å². The zero-order valence-corrected chi connectivity index (χ0v) is 15.7. The van der Waals surface area contributed by atoms with Gasteiger partial charge in [-0.3, -0.25) is 0 Å². The van der Waals surface area contributed by atoms with Crippen molar-refractivity contribution >= 4 is 35.3 Å². The Morgan fingerprint density at radius 1 is 1.39 bits per heavy atom. The number of aromatic nitrogens is 2. The topological polar surface area (TPSA) is 58.6 Å². The number of thioether (sulfide) groups is 1. The van der Waals surface area contributed by atoms with Crippen LogP contribution in [0.15, 0.2) is 11.2 Å². The summed E-state index contributed by atoms with van der Waals surface area (Å²) in [6, 6.07) is 1.79. The van der Waals surface area contributed by atoms with E-state index in [0.29, 0.717) is 29.9 Å². The van der Waals surface area contributed by atoms with E-state index in [0.717, 1.165) is 5.82 Å². The van der Waals surface area contributed by atoms with Crippen molar-refractivity contribution < 1.29 is 9.53 Å². The summed E-state index contributed by atoms with van der Waals surface area (Å²) in [4.78, 5) is 24.8. The molecule has 0 spiro atoms. The van der Waals surface area contributed by atoms with Crippen molar-refractivity contribution in [3.63, 3.8) is 0 Å². The van der Waals surface area contributed by atoms with E-state index in [4.69, 9.17) is 16.3 Å². The number of nitrogens with zero attached hydrogens (tertiary/aromatic N) is 4. The summed E-state index contributed by atoms with van der Waals surface area (Å²) in [5.74, 6) is 0.796. The van der Waals surface area contributed by atoms with Crippen molar-refractivity contribution in [3.05, 3.63) is 11.2 Å². The molecule has 0 bridgehead atoms. The average Bonchev–Trinajstić information content (AvgIpc) is 2.44. The molecule has 128 valence electrons. The monoisotopic (exact) mass is 358 g/mol. The molecule has 1 amide bonds. The minimum absolute atomic E-state index is 0.0325. The lowest BCUT2D eigenvalue weighted by Gasteiger charge is -2.40. The second-order valence-electron chi connectivity index (χ2n) is 6.50. The highest BCUT2D eigenvalue weighted by atomic mass is 35.5. The van der Waals surface area contributed by atoms with Gasteiger partial charge < -0.3 is 14.5 Å². The maximum Gasteiger partial charge on any atom is 0.410 e. The molecule has 1 aliphatic heterocycles. The van der Waals surface area contributed by atoms with Gasteiger partial charge >= 0.3 is 6.09 Å². The summed E-state index contributed by atoms with van der Waals surface area (Å²) in [5.41, 5.74) is -0.485. The quantitative estimate of drug-likeness (QED) is 0.459. The van der Waals surface area contributed by atoms with Gasteiger partial charge in [-0.05, 0) is 34.0 Å². The van der Waals surface area contributed by atoms with Crippen LogP contribution in [0, 0.1) is 0 Å². The summed E-state index contributed by atoms with van der Waals surface area (Å²) in [6.45, 7) is 9.59. The molecule has 2 heterocycles. The molecule has 0 unspecified atom stereocenters. The van der Waals surface area contributed by atoms with Crippen molar-refractivity contribution in [1.82, 2.24) is 14.9 Å². The number of hydrogen-bond donors (Lipinski definition) is 0. The Labute approximate surface area is 146 Å². The fourth-order valence-corrected chi connectivity index (χ4v) is 3.00. The lowest BCUT2D eigenvalue weighted by atomic mass is 10.2. The summed E-state index contributed by atoms with van der Waals surface area (Å²) in [6.07, 6.45) is 1.65. The van der Waals surface area contributed by atoms with E-state index >= 15 is 0 Å². The van der Waals surface area contributed by atoms with Crippen LogP contribution >= 0.6 is 23.4 Å². The smallest absolute Gasteiger partial charge is 0.410 e. The van der Waals surface area contributed by atoms with Gasteiger partial charge in [0.1, 0.15) is 16.6 Å². The highest BCUT2D eigenvalue weighted by Gasteiger charge is 2.31. The molecule has 1 aromatic heterocycles. The van der Waals surface area contributed by atoms with Crippen molar-refractivity contribution in [3.8, 4) is 0 Å². The van der Waals surface area contributed by atoms with Crippen LogP contribution in [0.25, 0.3) is 0 Å². The van der Waals surface area contributed by atoms with Crippen molar-refractivity contribution in [2.24, 2.45) is 0 Å². The first-order chi connectivity index (χ1) is 10.7. The van der Waals surface area contributed by atoms with E-state index < -0.39 is 5.60 Å². The number of piperazine rings is 1. The predicted octanol–water partition coefficient (Wildman–Crippen LogP) is 3.30. The largest absolute Gasteiger partial charge is 0.444 e. The third-order valence-electron chi connectivity index (χ3n) is 3.42. The lowest BCUT2D eigenvalue weighted by molar-refractivity contribution is 0.0158. The molecule has 1 aliphatic rings. The van der Waals surface area contributed by atoms with Crippen LogP contribution in [-0.2, 0) is 4.74 Å². The van der Waals surface area contributed by atoms with Crippen molar-refractivity contribution in [2.75, 3.05) is 30.8 Å². The molecule has 1 fully saturated rings. The molecule has 1 atom stereocenters. The molecule has 1 aromatic rings. The SMILES string of the molecule is CSc1nc(Cl)cc(N2CCN(C(=O)OC(C)(C)C)[C@@H](C)C2)n1. The van der Waals surface area contributed by atoms with E-state index in [1.54, 1.807) is 11.0 Å². The van der Waals surface area contributed by atoms with Crippen LogP contribution in [0.2, 0.25) is 5.15 Å². The summed E-state index contributed by atoms with van der Waals surface area (Å²) < 4.78 is 5.46. The Balaban J connectivity index is 2.06. The van der Waals surface area contributed by atoms with Gasteiger partial charge in [-0.2, -0.15) is 0 Å². The van der Waals surface area contributed by atoms with Gasteiger partial charge in [0.05, 0.1) is 0 Å². The summed E-state index contributed by atoms with van der Waals surface area (Å²) in [5, 5.41) is 1.08. The van der Waals surface area contributed by atoms with E-state index in [-0.39, 0.29) is 12.1 Å². The summed E-state index contributed by atoms with van der Waals surface area (Å²) in [7, 11) is 0. The maximum atomic E-state index is 12.3. The van der Waals surface area contributed by atoms with Crippen LogP contribution in [0.3, 0.4) is 0 Å². The van der Waals surface area contributed by atoms with Crippen molar-refractivity contribution in [2.45, 2.75) is 44.5 Å². The average molecular weight is 359 g/mol. The van der Waals surface area contributed by atoms with E-state index in [1.807, 2.05) is 34.0 Å². The van der Waals surface area contributed by atoms with E-state index in [1.165, 1.54) is 11.8 Å². The zero-order chi connectivity index (χ0) is 17.2. The Hall–Kier alpha value is -1.21. The molecule has 0 aromatic carbocycles. The predicted molar refractivity (Wildman–Crippen MR) is 93.4 cm³/mol. The number of carbonyl (C=O) groups excluding carboxylic acids is 1. The first-order valence-electron chi connectivity index (χ1n) is 7.53. The number of rotatable bonds is 2. The lowest BCUT2D eigenvalue weighted by Crippen LogP contribution is -2.55. The van der Waals surface area contributed by atoms with Gasteiger partial charge in [0, 0.05) is 31.7 Å². The number of ether oxygens (including phenoxy) is 1. The normalized spacial score (nSPS) is 19.0. The molecule has 0 saturated carbocycles. The first kappa shape index (κ1) is 18.1. The number of hydrogen-bond acceptors (Lipinski definition) is 6. The molecule has 1 saturated heterocycles. The highest BCUT2D eigenvalue weighted by molar-refractivity contribution is 7.98. The Kier molecular flexibility index (Phi) is 5.62. The van der Waals surface area contributed by atoms with E-state index in [2.05, 4.69) is 14.9 Å². The molecular weight excluding hydrogens is 336 g/mol. The van der Waals surface area contributed by atoms with Gasteiger partial charge in [0.25, 0.3) is 0 Å². The molecule has 0 aliphatic carbocycles. The zero-order valence-electron chi connectivity index (χ0n) is 14.2. The molecule has 23 heavy (non-hydrogen) atoms. The second kappa shape index (κ2) is 7.13. The van der Waals surface area contributed by atoms with Crippen LogP contribution in [0.1, 0.15) is 27.7 Å². The van der Waals surface area contributed by atoms with Gasteiger partial charge in [-0.15, -0.1) is 0 Å². The Morgan fingerprint density at radius 3 is 2.65 bits per heavy atom. The van der Waals surface area contributed by atoms with Crippen LogP contribution in [0.5, 0.6) is 0 Å². The van der Waals surface area contributed by atoms with Gasteiger partial charge in [-0.25, -0.2) is 14.8 Å². The number of anilines is 1. The molecule has 8 heteroatoms. The third-order valence-corrected chi connectivity index (χ3v) is 4.16. The minimum Gasteiger partial charge on any atom is -0.444 e. The number of amides is 1. The Morgan fingerprint density at radius 2 is 2.09 bits per heavy atom. The summed E-state index contributed by atoms with van der Waals surface area (Å²) >= 11 is 7.52. The fourth-order valence-electron chi connectivity index (χ4n) is 2.40. The standard InChI is InChI=1S/C15H23ClN4O2S/c1-10-9-19(12-8-11(16)17-13(18-12)23-5)6-7-20(10)14(21)22-15(2,3)4/h8,10H,6-7,9H2,1-5H3/t10-/m0/s1. The van der Waals surface area contributed by atoms with Gasteiger partial charge in [0.2, 0.25) is 0 Å². The minimum atomic E-state index is -0.485. The molecule has 6 nitrogen and oxygen atoms in total. The fraction of sp³-hybridized carbons (Fsp3) is 0.667. The molecule has 0 N–H and O–H groups in total. The highest BCUT2D eigenvalue weighted by Crippen LogP contribution is 2.23. The van der Waals surface area contributed by atoms with Gasteiger partial charge in [0.15, 0.2) is 5.16 Å². The van der Waals surface area contributed by atoms with Crippen molar-refractivity contribution in [1.29, 1.82) is 0 Å². The Bertz CT molecular complexity index is 579. The van der Waals surface area contributed by atoms with Gasteiger partial charge in [-0.1, -0.05) is 23.4 Å². The van der Waals surface area contributed by atoms with Crippen LogP contribution in [0.4, 0.5) is 10.6 Å². The second-order valence-corrected chi connectivity index (χ2v) is 7.66. The van der Waals surface area contributed by atoms with Crippen LogP contribution in [-0.4, -0.2) is 58.5 Å². The van der Waals surface area contributed by atoms with Crippen LogP contribution < -0.4 is 4.90 Å². The number of carbonyl (C=O) groups is 1. The first-order valence-corrected chi connectivity index (χ1v) is 9.13. The third kappa shape index (κ3) is 4.88. The molecule has 0 radical (unpaired) electrons. The number of halogens is 1. The molecular formula is C15H23ClN4O2S. The maximum absolute atomic E-state index is 12.3. The molecule has 2 rings (SSSR count).